The molecule has 1 aromatic rings. The summed E-state index contributed by atoms with van der Waals surface area (Å²) >= 11 is 0. The average molecular weight is 403 g/mol. The van der Waals surface area contributed by atoms with Crippen LogP contribution in [0.3, 0.4) is 0 Å². The molecule has 0 bridgehead atoms. The Labute approximate surface area is 171 Å². The van der Waals surface area contributed by atoms with E-state index in [0.717, 1.165) is 24.0 Å². The standard InChI is InChI=1S/C22H29NO6/c1-23(22(27)15-28-11-4-12-29-16-24)14-18-9-7-17(8-10-18)13-21(26)19-5-2-3-6-20(19)25/h7-10,16,19H,2-6,11-15H2,1H3. The molecule has 1 aliphatic rings. The van der Waals surface area contributed by atoms with Crippen molar-refractivity contribution in [2.24, 2.45) is 5.92 Å². The van der Waals surface area contributed by atoms with Crippen molar-refractivity contribution >= 4 is 23.9 Å². The van der Waals surface area contributed by atoms with Gasteiger partial charge in [-0.2, -0.15) is 0 Å². The molecule has 1 saturated carbocycles. The topological polar surface area (TPSA) is 90.0 Å². The van der Waals surface area contributed by atoms with Gasteiger partial charge in [0, 0.05) is 32.9 Å². The van der Waals surface area contributed by atoms with E-state index in [-0.39, 0.29) is 37.1 Å². The van der Waals surface area contributed by atoms with Gasteiger partial charge >= 0.3 is 0 Å². The number of ether oxygens (including phenoxy) is 2. The molecule has 1 atom stereocenters. The van der Waals surface area contributed by atoms with Gasteiger partial charge in [0.25, 0.3) is 6.47 Å². The maximum absolute atomic E-state index is 12.4. The van der Waals surface area contributed by atoms with Gasteiger partial charge in [-0.1, -0.05) is 30.7 Å². The fraction of sp³-hybridized carbons (Fsp3) is 0.545. The molecule has 0 saturated heterocycles. The van der Waals surface area contributed by atoms with Gasteiger partial charge in [-0.15, -0.1) is 0 Å². The van der Waals surface area contributed by atoms with Gasteiger partial charge in [0.1, 0.15) is 18.2 Å². The van der Waals surface area contributed by atoms with Crippen LogP contribution in [-0.4, -0.2) is 55.7 Å². The molecule has 1 aliphatic carbocycles. The molecule has 29 heavy (non-hydrogen) atoms. The summed E-state index contributed by atoms with van der Waals surface area (Å²) in [7, 11) is 1.70. The third-order valence-corrected chi connectivity index (χ3v) is 5.03. The normalized spacial score (nSPS) is 16.3. The van der Waals surface area contributed by atoms with E-state index < -0.39 is 5.92 Å². The summed E-state index contributed by atoms with van der Waals surface area (Å²) in [6.07, 6.45) is 3.84. The minimum atomic E-state index is -0.433. The number of amides is 1. The lowest BCUT2D eigenvalue weighted by Gasteiger charge is -2.19. The molecule has 2 rings (SSSR count). The first-order valence-electron chi connectivity index (χ1n) is 10.0. The quantitative estimate of drug-likeness (QED) is 0.302. The second-order valence-corrected chi connectivity index (χ2v) is 7.35. The summed E-state index contributed by atoms with van der Waals surface area (Å²) in [5.41, 5.74) is 1.83. The summed E-state index contributed by atoms with van der Waals surface area (Å²) in [6, 6.07) is 7.55. The van der Waals surface area contributed by atoms with Crippen LogP contribution in [0.25, 0.3) is 0 Å². The molecular weight excluding hydrogens is 374 g/mol. The van der Waals surface area contributed by atoms with Crippen LogP contribution in [0, 0.1) is 5.92 Å². The van der Waals surface area contributed by atoms with Gasteiger partial charge in [0.15, 0.2) is 0 Å². The Kier molecular flexibility index (Phi) is 9.50. The molecular formula is C22H29NO6. The zero-order valence-corrected chi connectivity index (χ0v) is 16.9. The zero-order chi connectivity index (χ0) is 21.1. The molecule has 0 spiro atoms. The van der Waals surface area contributed by atoms with Crippen molar-refractivity contribution in [3.8, 4) is 0 Å². The highest BCUT2D eigenvalue weighted by Crippen LogP contribution is 2.23. The molecule has 0 aromatic heterocycles. The molecule has 7 heteroatoms. The largest absolute Gasteiger partial charge is 0.468 e. The Hall–Kier alpha value is -2.54. The zero-order valence-electron chi connectivity index (χ0n) is 16.9. The van der Waals surface area contributed by atoms with E-state index >= 15 is 0 Å². The van der Waals surface area contributed by atoms with Crippen molar-refractivity contribution in [2.75, 3.05) is 26.9 Å². The second-order valence-electron chi connectivity index (χ2n) is 7.35. The SMILES string of the molecule is CN(Cc1ccc(CC(=O)C2CCCCC2=O)cc1)C(=O)COCCCOC=O. The molecule has 1 aromatic carbocycles. The highest BCUT2D eigenvalue weighted by Gasteiger charge is 2.28. The minimum absolute atomic E-state index is 0.00503. The van der Waals surface area contributed by atoms with Crippen LogP contribution < -0.4 is 0 Å². The number of ketones is 2. The smallest absolute Gasteiger partial charge is 0.293 e. The number of Topliss-reactive ketones (excluding diaryl/α,β-unsaturated/α-hetero) is 2. The first-order chi connectivity index (χ1) is 14.0. The molecule has 0 radical (unpaired) electrons. The van der Waals surface area contributed by atoms with Crippen LogP contribution in [0.4, 0.5) is 0 Å². The summed E-state index contributed by atoms with van der Waals surface area (Å²) < 4.78 is 9.82. The molecule has 0 aliphatic heterocycles. The van der Waals surface area contributed by atoms with Crippen LogP contribution in [-0.2, 0) is 41.6 Å². The highest BCUT2D eigenvalue weighted by atomic mass is 16.5. The van der Waals surface area contributed by atoms with E-state index in [1.165, 1.54) is 0 Å². The van der Waals surface area contributed by atoms with Crippen LogP contribution in [0.5, 0.6) is 0 Å². The number of rotatable bonds is 12. The Bertz CT molecular complexity index is 700. The van der Waals surface area contributed by atoms with Gasteiger partial charge < -0.3 is 14.4 Å². The van der Waals surface area contributed by atoms with E-state index in [1.54, 1.807) is 11.9 Å². The number of carbonyl (C=O) groups excluding carboxylic acids is 4. The van der Waals surface area contributed by atoms with Gasteiger partial charge in [0.2, 0.25) is 5.91 Å². The Balaban J connectivity index is 1.74. The van der Waals surface area contributed by atoms with E-state index in [9.17, 15) is 19.2 Å². The van der Waals surface area contributed by atoms with Crippen molar-refractivity contribution in [3.63, 3.8) is 0 Å². The first-order valence-corrected chi connectivity index (χ1v) is 10.0. The van der Waals surface area contributed by atoms with E-state index in [2.05, 4.69) is 4.74 Å². The summed E-state index contributed by atoms with van der Waals surface area (Å²) in [5.74, 6) is -0.490. The molecule has 1 amide bonds. The van der Waals surface area contributed by atoms with Crippen molar-refractivity contribution < 1.29 is 28.7 Å². The second kappa shape index (κ2) is 12.1. The molecule has 0 heterocycles. The van der Waals surface area contributed by atoms with Gasteiger partial charge in [0.05, 0.1) is 19.1 Å². The lowest BCUT2D eigenvalue weighted by molar-refractivity contribution is -0.136. The van der Waals surface area contributed by atoms with Crippen LogP contribution in [0.2, 0.25) is 0 Å². The maximum Gasteiger partial charge on any atom is 0.293 e. The number of hydrogen-bond donors (Lipinski definition) is 0. The van der Waals surface area contributed by atoms with Crippen LogP contribution in [0.15, 0.2) is 24.3 Å². The molecule has 1 fully saturated rings. The number of likely N-dealkylation sites (N-methyl/N-ethyl adjacent to an activating group) is 1. The predicted octanol–water partition coefficient (Wildman–Crippen LogP) is 2.10. The Morgan fingerprint density at radius 3 is 2.55 bits per heavy atom. The summed E-state index contributed by atoms with van der Waals surface area (Å²) in [4.78, 5) is 48.0. The Morgan fingerprint density at radius 2 is 1.86 bits per heavy atom. The highest BCUT2D eigenvalue weighted by molar-refractivity contribution is 6.03. The summed E-state index contributed by atoms with van der Waals surface area (Å²) in [5, 5.41) is 0. The van der Waals surface area contributed by atoms with Crippen molar-refractivity contribution in [1.29, 1.82) is 0 Å². The predicted molar refractivity (Wildman–Crippen MR) is 106 cm³/mol. The molecule has 158 valence electrons. The number of nitrogens with zero attached hydrogens (tertiary/aromatic N) is 1. The number of hydrogen-bond acceptors (Lipinski definition) is 6. The minimum Gasteiger partial charge on any atom is -0.468 e. The molecule has 7 nitrogen and oxygen atoms in total. The summed E-state index contributed by atoms with van der Waals surface area (Å²) in [6.45, 7) is 1.41. The fourth-order valence-corrected chi connectivity index (χ4v) is 3.33. The van der Waals surface area contributed by atoms with Crippen LogP contribution in [0.1, 0.15) is 43.2 Å². The Morgan fingerprint density at radius 1 is 1.14 bits per heavy atom. The molecule has 1 unspecified atom stereocenters. The number of benzene rings is 1. The van der Waals surface area contributed by atoms with Gasteiger partial charge in [-0.25, -0.2) is 0 Å². The van der Waals surface area contributed by atoms with Crippen molar-refractivity contribution in [2.45, 2.75) is 45.1 Å². The lowest BCUT2D eigenvalue weighted by atomic mass is 9.83. The van der Waals surface area contributed by atoms with E-state index in [1.807, 2.05) is 24.3 Å². The lowest BCUT2D eigenvalue weighted by Crippen LogP contribution is -2.30. The third kappa shape index (κ3) is 7.77. The van der Waals surface area contributed by atoms with Crippen molar-refractivity contribution in [1.82, 2.24) is 4.90 Å². The van der Waals surface area contributed by atoms with Crippen molar-refractivity contribution in [3.05, 3.63) is 35.4 Å². The third-order valence-electron chi connectivity index (χ3n) is 5.03. The van der Waals surface area contributed by atoms with Crippen LogP contribution >= 0.6 is 0 Å². The molecule has 0 N–H and O–H groups in total. The maximum atomic E-state index is 12.4. The fourth-order valence-electron chi connectivity index (χ4n) is 3.33. The van der Waals surface area contributed by atoms with Gasteiger partial charge in [-0.05, 0) is 24.0 Å². The first kappa shape index (κ1) is 22.7. The van der Waals surface area contributed by atoms with E-state index in [0.29, 0.717) is 38.9 Å². The van der Waals surface area contributed by atoms with Gasteiger partial charge in [-0.3, -0.25) is 19.2 Å². The monoisotopic (exact) mass is 403 g/mol. The van der Waals surface area contributed by atoms with E-state index in [4.69, 9.17) is 4.74 Å². The number of carbonyl (C=O) groups is 4. The average Bonchev–Trinajstić information content (AvgIpc) is 2.72.